The third-order valence-corrected chi connectivity index (χ3v) is 7.46. The number of unbranched alkanes of at least 4 members (excludes halogenated alkanes) is 1. The zero-order valence-corrected chi connectivity index (χ0v) is 20.2. The van der Waals surface area contributed by atoms with Crippen LogP contribution in [-0.4, -0.2) is 53.9 Å². The molecule has 34 heavy (non-hydrogen) atoms. The fourth-order valence-electron chi connectivity index (χ4n) is 3.93. The molecule has 1 atom stereocenters. The van der Waals surface area contributed by atoms with Crippen molar-refractivity contribution >= 4 is 26.9 Å². The van der Waals surface area contributed by atoms with Gasteiger partial charge in [0.05, 0.1) is 23.0 Å². The maximum atomic E-state index is 13.0. The van der Waals surface area contributed by atoms with Gasteiger partial charge in [0.1, 0.15) is 6.04 Å². The van der Waals surface area contributed by atoms with Gasteiger partial charge < -0.3 is 10.4 Å². The third kappa shape index (κ3) is 7.38. The van der Waals surface area contributed by atoms with E-state index in [-0.39, 0.29) is 17.7 Å². The second-order valence-electron chi connectivity index (χ2n) is 8.64. The second kappa shape index (κ2) is 12.1. The number of nitrogens with one attached hydrogen (secondary N) is 2. The average Bonchev–Trinajstić information content (AvgIpc) is 2.82. The van der Waals surface area contributed by atoms with Crippen molar-refractivity contribution in [1.82, 2.24) is 19.6 Å². The normalized spacial score (nSPS) is 15.6. The highest BCUT2D eigenvalue weighted by atomic mass is 32.2. The summed E-state index contributed by atoms with van der Waals surface area (Å²) in [6.45, 7) is 4.50. The number of carboxylic acid groups (broad SMARTS) is 1. The van der Waals surface area contributed by atoms with Gasteiger partial charge in [-0.2, -0.15) is 4.72 Å². The van der Waals surface area contributed by atoms with Crippen LogP contribution < -0.4 is 15.6 Å². The van der Waals surface area contributed by atoms with Crippen molar-refractivity contribution in [3.63, 3.8) is 0 Å². The van der Waals surface area contributed by atoms with Gasteiger partial charge in [0.25, 0.3) is 5.56 Å². The van der Waals surface area contributed by atoms with Crippen molar-refractivity contribution in [2.75, 3.05) is 18.8 Å². The molecule has 0 amide bonds. The molecule has 1 aromatic carbocycles. The smallest absolute Gasteiger partial charge is 0.322 e. The summed E-state index contributed by atoms with van der Waals surface area (Å²) in [6, 6.07) is 3.74. The van der Waals surface area contributed by atoms with Gasteiger partial charge in [0.2, 0.25) is 10.0 Å². The van der Waals surface area contributed by atoms with E-state index in [4.69, 9.17) is 0 Å². The number of nitrogens with zero attached hydrogens (tertiary/aromatic N) is 2. The summed E-state index contributed by atoms with van der Waals surface area (Å²) in [5.41, 5.74) is 0.982. The van der Waals surface area contributed by atoms with Crippen LogP contribution in [-0.2, 0) is 21.4 Å². The summed E-state index contributed by atoms with van der Waals surface area (Å²) < 4.78 is 27.9. The molecule has 1 saturated heterocycles. The molecule has 9 nitrogen and oxygen atoms in total. The standard InChI is InChI=1S/C24H32N4O5S/c1-2-3-15-34(32,33)27-22(24(30)31)6-4-5-19-7-8-21-20(16-19)23(29)28(17-26-21)14-11-18-9-12-25-13-10-18/h7-8,16-18,22,25,27H,2-3,6,9-15H2,1H3,(H,30,31). The van der Waals surface area contributed by atoms with Crippen LogP contribution in [0, 0.1) is 17.8 Å². The maximum absolute atomic E-state index is 13.0. The number of hydrogen-bond donors (Lipinski definition) is 3. The zero-order chi connectivity index (χ0) is 24.6. The minimum atomic E-state index is -3.69. The molecule has 0 aliphatic carbocycles. The van der Waals surface area contributed by atoms with Crippen molar-refractivity contribution in [3.05, 3.63) is 40.4 Å². The van der Waals surface area contributed by atoms with E-state index >= 15 is 0 Å². The van der Waals surface area contributed by atoms with E-state index in [0.29, 0.717) is 41.8 Å². The molecule has 1 fully saturated rings. The lowest BCUT2D eigenvalue weighted by atomic mass is 9.95. The molecule has 2 aromatic rings. The van der Waals surface area contributed by atoms with Gasteiger partial charge in [-0.1, -0.05) is 25.2 Å². The summed E-state index contributed by atoms with van der Waals surface area (Å²) in [7, 11) is -3.69. The number of carbonyl (C=O) groups is 1. The largest absolute Gasteiger partial charge is 0.480 e. The Kier molecular flexibility index (Phi) is 9.21. The van der Waals surface area contributed by atoms with Crippen molar-refractivity contribution in [2.45, 2.75) is 58.0 Å². The SMILES string of the molecule is CCCCS(=O)(=O)NC(CC#Cc1ccc2ncn(CCC3CCNCC3)c(=O)c2c1)C(=O)O. The number of aliphatic carboxylic acids is 1. The van der Waals surface area contributed by atoms with E-state index in [1.807, 2.05) is 6.92 Å². The van der Waals surface area contributed by atoms with Gasteiger partial charge in [-0.25, -0.2) is 13.4 Å². The van der Waals surface area contributed by atoms with Crippen LogP contribution in [0.5, 0.6) is 0 Å². The lowest BCUT2D eigenvalue weighted by Crippen LogP contribution is -2.41. The number of carboxylic acids is 1. The highest BCUT2D eigenvalue weighted by Gasteiger charge is 2.22. The van der Waals surface area contributed by atoms with E-state index in [9.17, 15) is 23.1 Å². The van der Waals surface area contributed by atoms with E-state index in [1.54, 1.807) is 29.1 Å². The van der Waals surface area contributed by atoms with E-state index in [2.05, 4.69) is 26.9 Å². The fourth-order valence-corrected chi connectivity index (χ4v) is 5.34. The van der Waals surface area contributed by atoms with Crippen LogP contribution in [0.3, 0.4) is 0 Å². The number of piperidine rings is 1. The quantitative estimate of drug-likeness (QED) is 0.434. The molecule has 1 aliphatic heterocycles. The first kappa shape index (κ1) is 25.9. The summed E-state index contributed by atoms with van der Waals surface area (Å²) in [4.78, 5) is 28.8. The van der Waals surface area contributed by atoms with Crippen molar-refractivity contribution in [3.8, 4) is 11.8 Å². The highest BCUT2D eigenvalue weighted by Crippen LogP contribution is 2.17. The molecule has 2 heterocycles. The first-order chi connectivity index (χ1) is 16.3. The first-order valence-corrected chi connectivity index (χ1v) is 13.4. The van der Waals surface area contributed by atoms with E-state index < -0.39 is 22.0 Å². The van der Waals surface area contributed by atoms with Crippen LogP contribution in [0.15, 0.2) is 29.3 Å². The summed E-state index contributed by atoms with van der Waals surface area (Å²) in [5, 5.41) is 13.2. The molecule has 3 N–H and O–H groups in total. The molecule has 0 saturated carbocycles. The Hall–Kier alpha value is -2.74. The molecule has 0 spiro atoms. The van der Waals surface area contributed by atoms with Crippen molar-refractivity contribution < 1.29 is 18.3 Å². The molecule has 1 aromatic heterocycles. The Morgan fingerprint density at radius 3 is 2.82 bits per heavy atom. The lowest BCUT2D eigenvalue weighted by molar-refractivity contribution is -0.138. The Morgan fingerprint density at radius 2 is 2.12 bits per heavy atom. The van der Waals surface area contributed by atoms with Gasteiger partial charge >= 0.3 is 5.97 Å². The Morgan fingerprint density at radius 1 is 1.35 bits per heavy atom. The second-order valence-corrected chi connectivity index (χ2v) is 10.5. The van der Waals surface area contributed by atoms with Gasteiger partial charge in [-0.15, -0.1) is 0 Å². The maximum Gasteiger partial charge on any atom is 0.322 e. The predicted octanol–water partition coefficient (Wildman–Crippen LogP) is 1.70. The summed E-state index contributed by atoms with van der Waals surface area (Å²) in [6.07, 6.45) is 5.69. The topological polar surface area (TPSA) is 130 Å². The molecule has 1 aliphatic rings. The third-order valence-electron chi connectivity index (χ3n) is 5.99. The van der Waals surface area contributed by atoms with Crippen LogP contribution in [0.2, 0.25) is 0 Å². The molecular weight excluding hydrogens is 456 g/mol. The lowest BCUT2D eigenvalue weighted by Gasteiger charge is -2.22. The number of sulfonamides is 1. The minimum absolute atomic E-state index is 0.123. The monoisotopic (exact) mass is 488 g/mol. The summed E-state index contributed by atoms with van der Waals surface area (Å²) in [5.74, 6) is 4.78. The van der Waals surface area contributed by atoms with Crippen molar-refractivity contribution in [1.29, 1.82) is 0 Å². The Labute approximate surface area is 200 Å². The van der Waals surface area contributed by atoms with Gasteiger partial charge in [-0.3, -0.25) is 14.2 Å². The van der Waals surface area contributed by atoms with Gasteiger partial charge in [-0.05, 0) is 62.9 Å². The highest BCUT2D eigenvalue weighted by molar-refractivity contribution is 7.89. The Bertz CT molecular complexity index is 1220. The molecule has 10 heteroatoms. The molecular formula is C24H32N4O5S. The molecule has 3 rings (SSSR count). The number of rotatable bonds is 10. The Balaban J connectivity index is 1.71. The van der Waals surface area contributed by atoms with Crippen LogP contribution >= 0.6 is 0 Å². The van der Waals surface area contributed by atoms with Crippen molar-refractivity contribution in [2.24, 2.45) is 5.92 Å². The molecule has 184 valence electrons. The van der Waals surface area contributed by atoms with Gasteiger partial charge in [0, 0.05) is 18.5 Å². The minimum Gasteiger partial charge on any atom is -0.480 e. The number of benzene rings is 1. The average molecular weight is 489 g/mol. The van der Waals surface area contributed by atoms with Crippen LogP contribution in [0.25, 0.3) is 10.9 Å². The predicted molar refractivity (Wildman–Crippen MR) is 131 cm³/mol. The molecule has 1 unspecified atom stereocenters. The molecule has 0 bridgehead atoms. The van der Waals surface area contributed by atoms with E-state index in [0.717, 1.165) is 32.4 Å². The van der Waals surface area contributed by atoms with Crippen LogP contribution in [0.1, 0.15) is 51.0 Å². The van der Waals surface area contributed by atoms with E-state index in [1.165, 1.54) is 0 Å². The number of fused-ring (bicyclic) bond motifs is 1. The zero-order valence-electron chi connectivity index (χ0n) is 19.4. The number of aromatic nitrogens is 2. The fraction of sp³-hybridized carbons (Fsp3) is 0.542. The number of hydrogen-bond acceptors (Lipinski definition) is 6. The summed E-state index contributed by atoms with van der Waals surface area (Å²) >= 11 is 0. The van der Waals surface area contributed by atoms with Crippen LogP contribution in [0.4, 0.5) is 0 Å². The number of aryl methyl sites for hydroxylation is 1. The first-order valence-electron chi connectivity index (χ1n) is 11.7. The van der Waals surface area contributed by atoms with Gasteiger partial charge in [0.15, 0.2) is 0 Å². The molecule has 0 radical (unpaired) electrons.